The molecule has 0 aliphatic heterocycles. The molecule has 1 unspecified atom stereocenters. The molecule has 5 heteroatoms. The summed E-state index contributed by atoms with van der Waals surface area (Å²) in [7, 11) is 6.75. The Morgan fingerprint density at radius 1 is 0.622 bits per heavy atom. The van der Waals surface area contributed by atoms with E-state index < -0.39 is 0 Å². The molecule has 2 aromatic rings. The Hall–Kier alpha value is -2.14. The van der Waals surface area contributed by atoms with Crippen LogP contribution in [0.1, 0.15) is 109 Å². The number of methoxy groups -OCH3 is 4. The van der Waals surface area contributed by atoms with Gasteiger partial charge in [-0.05, 0) is 43.4 Å². The molecule has 2 rings (SSSR count). The van der Waals surface area contributed by atoms with Crippen LogP contribution in [0, 0.1) is 5.92 Å². The van der Waals surface area contributed by atoms with Crippen LogP contribution < -0.4 is 18.9 Å². The maximum absolute atomic E-state index is 6.56. The predicted molar refractivity (Wildman–Crippen MR) is 155 cm³/mol. The van der Waals surface area contributed by atoms with Crippen molar-refractivity contribution in [2.24, 2.45) is 5.92 Å². The Kier molecular flexibility index (Phi) is 14.6. The molecule has 0 aromatic heterocycles. The lowest BCUT2D eigenvalue weighted by molar-refractivity contribution is 0.0388. The first-order chi connectivity index (χ1) is 18.0. The van der Waals surface area contributed by atoms with Gasteiger partial charge in [-0.25, -0.2) is 0 Å². The third-order valence-corrected chi connectivity index (χ3v) is 7.19. The van der Waals surface area contributed by atoms with E-state index in [2.05, 4.69) is 26.8 Å². The second kappa shape index (κ2) is 17.4. The van der Waals surface area contributed by atoms with Crippen LogP contribution in [-0.4, -0.2) is 35.0 Å². The molecule has 0 saturated carbocycles. The summed E-state index contributed by atoms with van der Waals surface area (Å²) in [5.41, 5.74) is 1.01. The summed E-state index contributed by atoms with van der Waals surface area (Å²) in [4.78, 5) is 0. The molecule has 2 aromatic carbocycles. The van der Waals surface area contributed by atoms with Crippen molar-refractivity contribution in [1.82, 2.24) is 0 Å². The summed E-state index contributed by atoms with van der Waals surface area (Å²) in [6.07, 6.45) is 15.1. The van der Waals surface area contributed by atoms with Gasteiger partial charge in [0.2, 0.25) is 0 Å². The summed E-state index contributed by atoms with van der Waals surface area (Å²) >= 11 is 0. The number of unbranched alkanes of at least 4 members (excludes halogenated alkanes) is 9. The molecule has 1 atom stereocenters. The molecule has 0 saturated heterocycles. The summed E-state index contributed by atoms with van der Waals surface area (Å²) in [6.45, 7) is 7.53. The molecule has 0 N–H and O–H groups in total. The van der Waals surface area contributed by atoms with Crippen LogP contribution in [0.25, 0.3) is 10.8 Å². The highest BCUT2D eigenvalue weighted by atomic mass is 16.5. The molecule has 0 fully saturated rings. The van der Waals surface area contributed by atoms with Gasteiger partial charge in [0.15, 0.2) is 0 Å². The number of ether oxygens (including phenoxy) is 5. The SMILES string of the molecule is CCCCCCCCCCCCOC(CCC(C)C)c1cc(OC)c2c(OC)ccc(OC)c2c1OC. The Morgan fingerprint density at radius 3 is 1.68 bits per heavy atom. The van der Waals surface area contributed by atoms with Gasteiger partial charge in [0, 0.05) is 12.2 Å². The van der Waals surface area contributed by atoms with Gasteiger partial charge >= 0.3 is 0 Å². The second-order valence-corrected chi connectivity index (χ2v) is 10.4. The molecular formula is C32H52O5. The van der Waals surface area contributed by atoms with Crippen LogP contribution in [0.2, 0.25) is 0 Å². The minimum atomic E-state index is -0.0786. The highest BCUT2D eigenvalue weighted by molar-refractivity contribution is 6.03. The lowest BCUT2D eigenvalue weighted by atomic mass is 9.94. The van der Waals surface area contributed by atoms with E-state index in [-0.39, 0.29) is 6.10 Å². The van der Waals surface area contributed by atoms with Gasteiger partial charge in [-0.3, -0.25) is 0 Å². The van der Waals surface area contributed by atoms with E-state index in [1.54, 1.807) is 28.4 Å². The van der Waals surface area contributed by atoms with Crippen molar-refractivity contribution in [3.05, 3.63) is 23.8 Å². The average Bonchev–Trinajstić information content (AvgIpc) is 2.91. The first kappa shape index (κ1) is 31.1. The first-order valence-electron chi connectivity index (χ1n) is 14.4. The van der Waals surface area contributed by atoms with E-state index in [4.69, 9.17) is 23.7 Å². The van der Waals surface area contributed by atoms with Gasteiger partial charge < -0.3 is 23.7 Å². The van der Waals surface area contributed by atoms with Gasteiger partial charge in [-0.1, -0.05) is 78.6 Å². The van der Waals surface area contributed by atoms with Crippen molar-refractivity contribution in [2.45, 2.75) is 104 Å². The van der Waals surface area contributed by atoms with Crippen LogP contribution in [0.15, 0.2) is 18.2 Å². The molecule has 0 aliphatic carbocycles. The Labute approximate surface area is 226 Å². The number of fused-ring (bicyclic) bond motifs is 1. The molecule has 37 heavy (non-hydrogen) atoms. The van der Waals surface area contributed by atoms with Crippen LogP contribution in [0.3, 0.4) is 0 Å². The average molecular weight is 517 g/mol. The van der Waals surface area contributed by atoms with E-state index in [0.29, 0.717) is 5.92 Å². The molecule has 210 valence electrons. The summed E-state index contributed by atoms with van der Waals surface area (Å²) in [5.74, 6) is 3.54. The minimum absolute atomic E-state index is 0.0786. The zero-order chi connectivity index (χ0) is 27.0. The lowest BCUT2D eigenvalue weighted by Crippen LogP contribution is -2.10. The topological polar surface area (TPSA) is 46.2 Å². The van der Waals surface area contributed by atoms with Gasteiger partial charge in [0.1, 0.15) is 23.0 Å². The van der Waals surface area contributed by atoms with Crippen molar-refractivity contribution in [2.75, 3.05) is 35.0 Å². The highest BCUT2D eigenvalue weighted by Crippen LogP contribution is 2.49. The molecule has 0 bridgehead atoms. The van der Waals surface area contributed by atoms with E-state index in [9.17, 15) is 0 Å². The smallest absolute Gasteiger partial charge is 0.136 e. The molecule has 5 nitrogen and oxygen atoms in total. The normalized spacial score (nSPS) is 12.2. The van der Waals surface area contributed by atoms with E-state index in [1.807, 2.05) is 12.1 Å². The van der Waals surface area contributed by atoms with Crippen LogP contribution in [-0.2, 0) is 4.74 Å². The fourth-order valence-electron chi connectivity index (χ4n) is 5.05. The van der Waals surface area contributed by atoms with Crippen molar-refractivity contribution in [3.8, 4) is 23.0 Å². The molecule has 0 spiro atoms. The van der Waals surface area contributed by atoms with Crippen molar-refractivity contribution >= 4 is 10.8 Å². The largest absolute Gasteiger partial charge is 0.496 e. The summed E-state index contributed by atoms with van der Waals surface area (Å²) in [6, 6.07) is 5.88. The Bertz CT molecular complexity index is 908. The fraction of sp³-hybridized carbons (Fsp3) is 0.688. The fourth-order valence-corrected chi connectivity index (χ4v) is 5.05. The van der Waals surface area contributed by atoms with E-state index >= 15 is 0 Å². The van der Waals surface area contributed by atoms with Gasteiger partial charge in [-0.15, -0.1) is 0 Å². The van der Waals surface area contributed by atoms with E-state index in [1.165, 1.54) is 57.8 Å². The van der Waals surface area contributed by atoms with Crippen LogP contribution >= 0.6 is 0 Å². The van der Waals surface area contributed by atoms with Crippen molar-refractivity contribution in [1.29, 1.82) is 0 Å². The number of hydrogen-bond donors (Lipinski definition) is 0. The van der Waals surface area contributed by atoms with Crippen molar-refractivity contribution in [3.63, 3.8) is 0 Å². The maximum Gasteiger partial charge on any atom is 0.136 e. The third-order valence-electron chi connectivity index (χ3n) is 7.19. The molecule has 0 heterocycles. The quantitative estimate of drug-likeness (QED) is 0.164. The van der Waals surface area contributed by atoms with Gasteiger partial charge in [0.25, 0.3) is 0 Å². The molecular weight excluding hydrogens is 464 g/mol. The number of benzene rings is 2. The number of rotatable bonds is 20. The van der Waals surface area contributed by atoms with Crippen LogP contribution in [0.5, 0.6) is 23.0 Å². The predicted octanol–water partition coefficient (Wildman–Crippen LogP) is 9.29. The van der Waals surface area contributed by atoms with Gasteiger partial charge in [-0.2, -0.15) is 0 Å². The lowest BCUT2D eigenvalue weighted by Gasteiger charge is -2.25. The third kappa shape index (κ3) is 9.28. The first-order valence-corrected chi connectivity index (χ1v) is 14.4. The highest BCUT2D eigenvalue weighted by Gasteiger charge is 2.26. The molecule has 0 amide bonds. The summed E-state index contributed by atoms with van der Waals surface area (Å²) in [5, 5.41) is 1.71. The molecule has 0 aliphatic rings. The zero-order valence-electron chi connectivity index (χ0n) is 24.6. The Balaban J connectivity index is 2.17. The Morgan fingerprint density at radius 2 is 1.16 bits per heavy atom. The number of hydrogen-bond acceptors (Lipinski definition) is 5. The van der Waals surface area contributed by atoms with Gasteiger partial charge in [0.05, 0.1) is 45.3 Å². The minimum Gasteiger partial charge on any atom is -0.496 e. The zero-order valence-corrected chi connectivity index (χ0v) is 24.6. The maximum atomic E-state index is 6.56. The monoisotopic (exact) mass is 516 g/mol. The summed E-state index contributed by atoms with van der Waals surface area (Å²) < 4.78 is 29.9. The molecule has 0 radical (unpaired) electrons. The van der Waals surface area contributed by atoms with Crippen LogP contribution in [0.4, 0.5) is 0 Å². The van der Waals surface area contributed by atoms with E-state index in [0.717, 1.165) is 65.2 Å². The van der Waals surface area contributed by atoms with Crippen molar-refractivity contribution < 1.29 is 23.7 Å². The second-order valence-electron chi connectivity index (χ2n) is 10.4. The standard InChI is InChI=1S/C32H52O5/c1-8-9-10-11-12-13-14-15-16-17-22-37-26(19-18-24(2)3)25-23-29(35-6)30-27(33-4)20-21-28(34-5)31(30)32(25)36-7/h20-21,23-24,26H,8-19,22H2,1-7H3.